The van der Waals surface area contributed by atoms with E-state index in [1.807, 2.05) is 0 Å². The lowest BCUT2D eigenvalue weighted by atomic mass is 10.1. The van der Waals surface area contributed by atoms with Crippen LogP contribution in [-0.2, 0) is 9.39 Å². The highest BCUT2D eigenvalue weighted by Crippen LogP contribution is 1.88. The molecule has 1 saturated heterocycles. The highest BCUT2D eigenvalue weighted by atomic mass is 16.7. The van der Waals surface area contributed by atoms with Gasteiger partial charge in [-0.15, -0.1) is 0 Å². The topological polar surface area (TPSA) is 35.5 Å². The molecule has 1 fully saturated rings. The van der Waals surface area contributed by atoms with Crippen molar-refractivity contribution in [1.82, 2.24) is 0 Å². The number of cyclic esters (lactones) is 1. The molecule has 0 atom stereocenters. The molecule has 0 N–H and O–H groups in total. The normalized spacial score (nSPS) is 19.7. The van der Waals surface area contributed by atoms with Crippen LogP contribution in [0.25, 0.3) is 0 Å². The zero-order valence-electron chi connectivity index (χ0n) is 3.01. The summed E-state index contributed by atoms with van der Waals surface area (Å²) in [6, 6.07) is 0. The molecule has 1 rings (SSSR count). The third kappa shape index (κ3) is 0.516. The maximum atomic E-state index is 9.84. The smallest absolute Gasteiger partial charge is 0.438 e. The Morgan fingerprint density at radius 1 is 1.83 bits per heavy atom. The molecule has 1 heterocycles. The zero-order chi connectivity index (χ0) is 4.41. The van der Waals surface area contributed by atoms with E-state index in [1.165, 1.54) is 0 Å². The maximum Gasteiger partial charge on any atom is 0.438 e. The van der Waals surface area contributed by atoms with Gasteiger partial charge in [-0.25, -0.2) is 0 Å². The minimum Gasteiger partial charge on any atom is -0.446 e. The zero-order valence-corrected chi connectivity index (χ0v) is 3.01. The molecule has 0 spiro atoms. The van der Waals surface area contributed by atoms with Crippen LogP contribution in [0, 0.1) is 0 Å². The van der Waals surface area contributed by atoms with Crippen LogP contribution in [0.4, 0.5) is 4.79 Å². The van der Waals surface area contributed by atoms with Crippen molar-refractivity contribution in [2.45, 2.75) is 0 Å². The van der Waals surface area contributed by atoms with E-state index in [-0.39, 0.29) is 6.79 Å². The van der Waals surface area contributed by atoms with Gasteiger partial charge in [-0.3, -0.25) is 4.79 Å². The summed E-state index contributed by atoms with van der Waals surface area (Å²) in [5.41, 5.74) is 0. The fourth-order valence-electron chi connectivity index (χ4n) is 0.228. The van der Waals surface area contributed by atoms with Crippen molar-refractivity contribution in [2.24, 2.45) is 0 Å². The molecule has 3 nitrogen and oxygen atoms in total. The Bertz CT molecular complexity index is 63.2. The van der Waals surface area contributed by atoms with Gasteiger partial charge in [0, 0.05) is 0 Å². The van der Waals surface area contributed by atoms with Gasteiger partial charge in [0.1, 0.15) is 0 Å². The SMILES string of the molecule is O=C1[B]OCO1. The number of carbonyl (C=O) groups is 1. The molecule has 0 aliphatic carbocycles. The molecule has 0 aromatic rings. The first-order valence-corrected chi connectivity index (χ1v) is 1.51. The van der Waals surface area contributed by atoms with Crippen LogP contribution in [0.1, 0.15) is 0 Å². The van der Waals surface area contributed by atoms with Gasteiger partial charge in [0.15, 0.2) is 6.79 Å². The van der Waals surface area contributed by atoms with Gasteiger partial charge >= 0.3 is 7.48 Å². The summed E-state index contributed by atoms with van der Waals surface area (Å²) in [6.45, 7) is 0.0822. The van der Waals surface area contributed by atoms with Crippen LogP contribution in [0.15, 0.2) is 0 Å². The minimum atomic E-state index is -0.394. The lowest BCUT2D eigenvalue weighted by Crippen LogP contribution is -1.96. The summed E-state index contributed by atoms with van der Waals surface area (Å²) in [5.74, 6) is -0.394. The number of ether oxygens (including phenoxy) is 1. The number of rotatable bonds is 0. The van der Waals surface area contributed by atoms with E-state index in [9.17, 15) is 4.79 Å². The Labute approximate surface area is 35.5 Å². The molecule has 0 bridgehead atoms. The summed E-state index contributed by atoms with van der Waals surface area (Å²) in [7, 11) is 1.04. The van der Waals surface area contributed by atoms with Gasteiger partial charge in [0.05, 0.1) is 0 Å². The second kappa shape index (κ2) is 1.30. The third-order valence-electron chi connectivity index (χ3n) is 0.449. The van der Waals surface area contributed by atoms with E-state index >= 15 is 0 Å². The number of hydrogen-bond acceptors (Lipinski definition) is 3. The molecular weight excluding hydrogens is 82.8 g/mol. The molecule has 0 aromatic carbocycles. The summed E-state index contributed by atoms with van der Waals surface area (Å²) in [6.07, 6.45) is 0. The van der Waals surface area contributed by atoms with Crippen LogP contribution in [0.5, 0.6) is 0 Å². The lowest BCUT2D eigenvalue weighted by Gasteiger charge is -1.80. The Hall–Kier alpha value is -0.505. The van der Waals surface area contributed by atoms with Gasteiger partial charge in [0.2, 0.25) is 0 Å². The van der Waals surface area contributed by atoms with Crippen LogP contribution in [-0.4, -0.2) is 20.1 Å². The van der Waals surface area contributed by atoms with Crippen molar-refractivity contribution in [3.63, 3.8) is 0 Å². The van der Waals surface area contributed by atoms with Crippen molar-refractivity contribution < 1.29 is 14.2 Å². The lowest BCUT2D eigenvalue weighted by molar-refractivity contribution is 0.114. The van der Waals surface area contributed by atoms with Crippen LogP contribution < -0.4 is 0 Å². The molecule has 0 saturated carbocycles. The molecule has 1 radical (unpaired) electrons. The first-order valence-electron chi connectivity index (χ1n) is 1.51. The monoisotopic (exact) mass is 85.0 g/mol. The number of hydrogen-bond donors (Lipinski definition) is 0. The van der Waals surface area contributed by atoms with Gasteiger partial charge in [-0.05, 0) is 0 Å². The second-order valence-electron chi connectivity index (χ2n) is 0.866. The van der Waals surface area contributed by atoms with Gasteiger partial charge in [-0.1, -0.05) is 0 Å². The minimum absolute atomic E-state index is 0.0822. The van der Waals surface area contributed by atoms with Crippen LogP contribution in [0.3, 0.4) is 0 Å². The largest absolute Gasteiger partial charge is 0.446 e. The highest BCUT2D eigenvalue weighted by molar-refractivity contribution is 6.67. The summed E-state index contributed by atoms with van der Waals surface area (Å²) in [4.78, 5) is 9.84. The van der Waals surface area contributed by atoms with Crippen molar-refractivity contribution in [2.75, 3.05) is 6.79 Å². The molecular formula is C2H2BO3. The summed E-state index contributed by atoms with van der Waals surface area (Å²) >= 11 is 0. The first kappa shape index (κ1) is 3.68. The van der Waals surface area contributed by atoms with E-state index in [1.54, 1.807) is 0 Å². The predicted molar refractivity (Wildman–Crippen MR) is 18.2 cm³/mol. The molecule has 0 unspecified atom stereocenters. The van der Waals surface area contributed by atoms with E-state index in [2.05, 4.69) is 9.39 Å². The van der Waals surface area contributed by atoms with Crippen molar-refractivity contribution >= 4 is 13.4 Å². The van der Waals surface area contributed by atoms with E-state index in [0.29, 0.717) is 0 Å². The quantitative estimate of drug-likeness (QED) is 0.379. The van der Waals surface area contributed by atoms with Crippen molar-refractivity contribution in [3.8, 4) is 0 Å². The Balaban J connectivity index is 2.37. The fraction of sp³-hybridized carbons (Fsp3) is 0.500. The Morgan fingerprint density at radius 2 is 2.67 bits per heavy atom. The van der Waals surface area contributed by atoms with Crippen LogP contribution in [0.2, 0.25) is 0 Å². The van der Waals surface area contributed by atoms with Gasteiger partial charge < -0.3 is 9.39 Å². The molecule has 0 aromatic heterocycles. The fourth-order valence-corrected chi connectivity index (χ4v) is 0.228. The average molecular weight is 84.8 g/mol. The molecule has 4 heteroatoms. The number of carbonyl (C=O) groups excluding carboxylic acids is 1. The van der Waals surface area contributed by atoms with Gasteiger partial charge in [-0.2, -0.15) is 0 Å². The molecule has 31 valence electrons. The van der Waals surface area contributed by atoms with Gasteiger partial charge in [0.25, 0.3) is 5.87 Å². The maximum absolute atomic E-state index is 9.84. The Kier molecular flexibility index (Phi) is 0.798. The van der Waals surface area contributed by atoms with E-state index < -0.39 is 5.87 Å². The predicted octanol–water partition coefficient (Wildman–Crippen LogP) is -0.270. The summed E-state index contributed by atoms with van der Waals surface area (Å²) in [5, 5.41) is 0. The molecule has 1 aliphatic rings. The van der Waals surface area contributed by atoms with E-state index in [4.69, 9.17) is 0 Å². The molecule has 1 aliphatic heterocycles. The standard InChI is InChI=1S/C2H2BO3/c4-2-3-6-1-5-2/h1H2. The van der Waals surface area contributed by atoms with Crippen molar-refractivity contribution in [1.29, 1.82) is 0 Å². The van der Waals surface area contributed by atoms with Crippen molar-refractivity contribution in [3.05, 3.63) is 0 Å². The molecule has 6 heavy (non-hydrogen) atoms. The highest BCUT2D eigenvalue weighted by Gasteiger charge is 2.13. The van der Waals surface area contributed by atoms with Crippen LogP contribution >= 0.6 is 0 Å². The molecule has 0 amide bonds. The average Bonchev–Trinajstić information content (AvgIpc) is 1.86. The van der Waals surface area contributed by atoms with E-state index in [0.717, 1.165) is 7.48 Å². The summed E-state index contributed by atoms with van der Waals surface area (Å²) < 4.78 is 8.60. The Morgan fingerprint density at radius 3 is 2.83 bits per heavy atom. The third-order valence-corrected chi connectivity index (χ3v) is 0.449. The second-order valence-corrected chi connectivity index (χ2v) is 0.866. The first-order chi connectivity index (χ1) is 2.89.